The minimum Gasteiger partial charge on any atom is -0.440 e. The molecule has 0 radical (unpaired) electrons. The van der Waals surface area contributed by atoms with Crippen LogP contribution in [0, 0.1) is 0 Å². The predicted octanol–water partition coefficient (Wildman–Crippen LogP) is 4.63. The molecule has 0 bridgehead atoms. The first-order valence-electron chi connectivity index (χ1n) is 7.28. The van der Waals surface area contributed by atoms with Gasteiger partial charge in [0.2, 0.25) is 0 Å². The molecule has 23 heavy (non-hydrogen) atoms. The lowest BCUT2D eigenvalue weighted by Gasteiger charge is -2.32. The van der Waals surface area contributed by atoms with Crippen LogP contribution in [0.5, 0.6) is 0 Å². The van der Waals surface area contributed by atoms with Crippen LogP contribution in [0.3, 0.4) is 0 Å². The molecule has 2 aromatic carbocycles. The van der Waals surface area contributed by atoms with Crippen molar-refractivity contribution in [2.75, 3.05) is 0 Å². The van der Waals surface area contributed by atoms with E-state index in [0.29, 0.717) is 0 Å². The molecule has 1 amide bonds. The van der Waals surface area contributed by atoms with E-state index in [-0.39, 0.29) is 16.9 Å². The minimum atomic E-state index is -0.682. The van der Waals surface area contributed by atoms with Crippen LogP contribution in [0.15, 0.2) is 77.2 Å². The molecule has 3 rings (SSSR count). The fourth-order valence-corrected chi connectivity index (χ4v) is 2.73. The Morgan fingerprint density at radius 1 is 0.913 bits per heavy atom. The predicted molar refractivity (Wildman–Crippen MR) is 90.5 cm³/mol. The number of rotatable bonds is 4. The fraction of sp³-hybridized carbons (Fsp3) is 0.105. The average molecular weight is 326 g/mol. The topological polar surface area (TPSA) is 42.2 Å². The van der Waals surface area contributed by atoms with Crippen molar-refractivity contribution in [3.8, 4) is 0 Å². The van der Waals surface area contributed by atoms with Crippen LogP contribution in [-0.2, 0) is 5.54 Å². The summed E-state index contributed by atoms with van der Waals surface area (Å²) >= 11 is 5.76. The van der Waals surface area contributed by atoms with Crippen LogP contribution >= 0.6 is 11.6 Å². The molecule has 1 heterocycles. The van der Waals surface area contributed by atoms with Crippen molar-refractivity contribution in [1.29, 1.82) is 0 Å². The second-order valence-corrected chi connectivity index (χ2v) is 5.79. The van der Waals surface area contributed by atoms with E-state index >= 15 is 0 Å². The van der Waals surface area contributed by atoms with Gasteiger partial charge < -0.3 is 9.73 Å². The number of carbonyl (C=O) groups is 1. The largest absolute Gasteiger partial charge is 0.440 e. The summed E-state index contributed by atoms with van der Waals surface area (Å²) in [5.74, 6) is -0.125. The highest BCUT2D eigenvalue weighted by atomic mass is 35.5. The molecule has 0 atom stereocenters. The zero-order chi connectivity index (χ0) is 16.3. The van der Waals surface area contributed by atoms with Crippen molar-refractivity contribution in [3.63, 3.8) is 0 Å². The van der Waals surface area contributed by atoms with Crippen molar-refractivity contribution >= 4 is 17.5 Å². The Morgan fingerprint density at radius 3 is 1.87 bits per heavy atom. The van der Waals surface area contributed by atoms with Crippen LogP contribution in [0.2, 0.25) is 5.22 Å². The molecule has 1 aromatic heterocycles. The van der Waals surface area contributed by atoms with Crippen LogP contribution in [-0.4, -0.2) is 5.91 Å². The summed E-state index contributed by atoms with van der Waals surface area (Å²) in [6.45, 7) is 1.97. The number of nitrogens with one attached hydrogen (secondary N) is 1. The van der Waals surface area contributed by atoms with E-state index in [1.54, 1.807) is 12.1 Å². The van der Waals surface area contributed by atoms with Crippen LogP contribution < -0.4 is 5.32 Å². The first kappa shape index (κ1) is 15.4. The first-order valence-corrected chi connectivity index (χ1v) is 7.66. The van der Waals surface area contributed by atoms with Gasteiger partial charge in [-0.1, -0.05) is 60.7 Å². The SMILES string of the molecule is CC(NC(=O)c1ccc(Cl)o1)(c1ccccc1)c1ccccc1. The van der Waals surface area contributed by atoms with Crippen molar-refractivity contribution < 1.29 is 9.21 Å². The number of carbonyl (C=O) groups excluding carboxylic acids is 1. The summed E-state index contributed by atoms with van der Waals surface area (Å²) in [5, 5.41) is 3.26. The number of hydrogen-bond donors (Lipinski definition) is 1. The van der Waals surface area contributed by atoms with Gasteiger partial charge in [-0.25, -0.2) is 0 Å². The minimum absolute atomic E-state index is 0.188. The van der Waals surface area contributed by atoms with E-state index in [0.717, 1.165) is 11.1 Å². The van der Waals surface area contributed by atoms with Gasteiger partial charge in [-0.2, -0.15) is 0 Å². The molecule has 0 unspecified atom stereocenters. The smallest absolute Gasteiger partial charge is 0.288 e. The van der Waals surface area contributed by atoms with E-state index < -0.39 is 5.54 Å². The lowest BCUT2D eigenvalue weighted by molar-refractivity contribution is 0.0890. The van der Waals surface area contributed by atoms with Gasteiger partial charge in [-0.15, -0.1) is 0 Å². The molecule has 0 fully saturated rings. The van der Waals surface area contributed by atoms with Gasteiger partial charge in [0.05, 0.1) is 5.54 Å². The van der Waals surface area contributed by atoms with Crippen molar-refractivity contribution in [2.24, 2.45) is 0 Å². The third-order valence-corrected chi connectivity index (χ3v) is 4.07. The highest BCUT2D eigenvalue weighted by Crippen LogP contribution is 2.29. The van der Waals surface area contributed by atoms with Gasteiger partial charge in [0.1, 0.15) is 0 Å². The summed E-state index contributed by atoms with van der Waals surface area (Å²) in [4.78, 5) is 12.6. The molecule has 4 heteroatoms. The van der Waals surface area contributed by atoms with E-state index in [1.807, 2.05) is 67.6 Å². The Bertz CT molecular complexity index is 757. The van der Waals surface area contributed by atoms with Crippen molar-refractivity contribution in [3.05, 3.63) is 94.9 Å². The Labute approximate surface area is 139 Å². The highest BCUT2D eigenvalue weighted by molar-refractivity contribution is 6.29. The van der Waals surface area contributed by atoms with Crippen LogP contribution in [0.4, 0.5) is 0 Å². The third-order valence-electron chi connectivity index (χ3n) is 3.86. The Hall–Kier alpha value is -2.52. The van der Waals surface area contributed by atoms with Crippen LogP contribution in [0.1, 0.15) is 28.6 Å². The second kappa shape index (κ2) is 6.31. The highest BCUT2D eigenvalue weighted by Gasteiger charge is 2.31. The summed E-state index contributed by atoms with van der Waals surface area (Å²) in [6.07, 6.45) is 0. The maximum atomic E-state index is 12.6. The molecule has 1 N–H and O–H groups in total. The zero-order valence-electron chi connectivity index (χ0n) is 12.6. The number of amides is 1. The monoisotopic (exact) mass is 325 g/mol. The first-order chi connectivity index (χ1) is 11.1. The van der Waals surface area contributed by atoms with Gasteiger partial charge in [-0.3, -0.25) is 4.79 Å². The van der Waals surface area contributed by atoms with E-state index in [9.17, 15) is 4.79 Å². The van der Waals surface area contributed by atoms with E-state index in [1.165, 1.54) is 0 Å². The molecule has 0 saturated carbocycles. The summed E-state index contributed by atoms with van der Waals surface area (Å²) < 4.78 is 5.22. The molecule has 0 spiro atoms. The summed E-state index contributed by atoms with van der Waals surface area (Å²) in [6, 6.07) is 22.8. The second-order valence-electron chi connectivity index (χ2n) is 5.41. The molecular formula is C19H16ClNO2. The quantitative estimate of drug-likeness (QED) is 0.760. The van der Waals surface area contributed by atoms with E-state index in [2.05, 4.69) is 5.32 Å². The maximum absolute atomic E-state index is 12.6. The zero-order valence-corrected chi connectivity index (χ0v) is 13.4. The van der Waals surface area contributed by atoms with Gasteiger partial charge in [0.15, 0.2) is 11.0 Å². The number of halogens is 1. The average Bonchev–Trinajstić information content (AvgIpc) is 3.03. The number of benzene rings is 2. The van der Waals surface area contributed by atoms with Gasteiger partial charge in [-0.05, 0) is 41.8 Å². The van der Waals surface area contributed by atoms with Crippen LogP contribution in [0.25, 0.3) is 0 Å². The Kier molecular flexibility index (Phi) is 4.22. The Morgan fingerprint density at radius 2 is 1.43 bits per heavy atom. The van der Waals surface area contributed by atoms with Gasteiger partial charge in [0, 0.05) is 0 Å². The molecule has 3 nitrogen and oxygen atoms in total. The molecule has 0 aliphatic heterocycles. The standard InChI is InChI=1S/C19H16ClNO2/c1-19(14-8-4-2-5-9-14,15-10-6-3-7-11-15)21-18(22)16-12-13-17(20)23-16/h2-13H,1H3,(H,21,22). The molecular weight excluding hydrogens is 310 g/mol. The lowest BCUT2D eigenvalue weighted by atomic mass is 9.84. The molecule has 0 aliphatic rings. The maximum Gasteiger partial charge on any atom is 0.288 e. The number of hydrogen-bond acceptors (Lipinski definition) is 2. The summed E-state index contributed by atoms with van der Waals surface area (Å²) in [5.41, 5.74) is 1.29. The van der Waals surface area contributed by atoms with Gasteiger partial charge in [0.25, 0.3) is 5.91 Å². The third kappa shape index (κ3) is 3.15. The van der Waals surface area contributed by atoms with Crippen molar-refractivity contribution in [2.45, 2.75) is 12.5 Å². The number of furan rings is 1. The molecule has 0 aliphatic carbocycles. The van der Waals surface area contributed by atoms with E-state index in [4.69, 9.17) is 16.0 Å². The molecule has 0 saturated heterocycles. The molecule has 3 aromatic rings. The lowest BCUT2D eigenvalue weighted by Crippen LogP contribution is -2.44. The molecule has 116 valence electrons. The fourth-order valence-electron chi connectivity index (χ4n) is 2.58. The summed E-state index contributed by atoms with van der Waals surface area (Å²) in [7, 11) is 0. The normalized spacial score (nSPS) is 11.2. The van der Waals surface area contributed by atoms with Gasteiger partial charge >= 0.3 is 0 Å². The van der Waals surface area contributed by atoms with Crippen molar-refractivity contribution in [1.82, 2.24) is 5.32 Å². The Balaban J connectivity index is 2.01.